The van der Waals surface area contributed by atoms with Crippen molar-refractivity contribution < 1.29 is 172 Å². The quantitative estimate of drug-likeness (QED) is 0.0953. The molecule has 12 rings (SSSR count). The number of aliphatic hydroxyl groups excluding tert-OH is 16. The van der Waals surface area contributed by atoms with Crippen LogP contribution in [0.3, 0.4) is 0 Å². The third-order valence-electron chi connectivity index (χ3n) is 14.2. The largest absolute Gasteiger partial charge is 0.394 e. The standard InChI is InChI=1S/C43H68O35/c1-11(50)10-62-35-26(59)41-66-15(7-47)32(35)72-43-28(61)37-33(16(8-48)68-43)73-40-25(58)22(55)30(13(5-45)65-40)70-38-23(56)20(53)29(12(4-44)63-38)69-39-24(57)21(54)31(14(6-46)64-39)71-42-27(60)36(34(74-41)17(9-49)67-42)77-75-18(51)2-3-19(52)76-78-37/h11-17,20-50,53-61H,2-10H2,1H3/t11?,12-,13-,14-,15-,16-,17-,20-,21-,22-,23-,24-,25-,26-,27-,28-,29-,30-,31-,32+,33+,34+,35-,36-,37-,38-,39-,40-,41-,42-,43-/m1/s1. The maximum atomic E-state index is 13.2. The lowest BCUT2D eigenvalue weighted by Crippen LogP contribution is -2.69. The highest BCUT2D eigenvalue weighted by Crippen LogP contribution is 2.39. The van der Waals surface area contributed by atoms with Gasteiger partial charge in [-0.1, -0.05) is 0 Å². The summed E-state index contributed by atoms with van der Waals surface area (Å²) in [6.45, 7) is -5.69. The molecule has 0 aromatic rings. The fraction of sp³-hybridized carbons (Fsp3) is 0.953. The lowest BCUT2D eigenvalue weighted by atomic mass is 9.94. The topological polar surface area (TPSA) is 515 Å². The predicted octanol–water partition coefficient (Wildman–Crippen LogP) is -11.9. The molecule has 0 aromatic heterocycles. The second-order valence-electron chi connectivity index (χ2n) is 19.6. The maximum Gasteiger partial charge on any atom is 0.342 e. The van der Waals surface area contributed by atoms with Gasteiger partial charge in [-0.3, -0.25) is 9.78 Å². The molecule has 31 atom stereocenters. The van der Waals surface area contributed by atoms with E-state index in [2.05, 4.69) is 0 Å². The zero-order valence-corrected chi connectivity index (χ0v) is 41.2. The van der Waals surface area contributed by atoms with Gasteiger partial charge in [0.05, 0.1) is 65.2 Å². The van der Waals surface area contributed by atoms with Gasteiger partial charge in [-0.05, 0) is 6.92 Å². The first-order valence-electron chi connectivity index (χ1n) is 24.9. The van der Waals surface area contributed by atoms with Crippen molar-refractivity contribution in [2.75, 3.05) is 46.2 Å². The first kappa shape index (κ1) is 61.8. The van der Waals surface area contributed by atoms with Gasteiger partial charge in [-0.15, -0.1) is 0 Å². The van der Waals surface area contributed by atoms with E-state index in [0.29, 0.717) is 0 Å². The Labute approximate surface area is 440 Å². The van der Waals surface area contributed by atoms with Gasteiger partial charge in [0.25, 0.3) is 0 Å². The lowest BCUT2D eigenvalue weighted by molar-refractivity contribution is -0.428. The van der Waals surface area contributed by atoms with Gasteiger partial charge in [0.1, 0.15) is 134 Å². The summed E-state index contributed by atoms with van der Waals surface area (Å²) in [5.74, 6) is -2.74. The van der Waals surface area contributed by atoms with Crippen LogP contribution >= 0.6 is 0 Å². The van der Waals surface area contributed by atoms with E-state index in [1.165, 1.54) is 6.92 Å². The number of hydrogen-bond donors (Lipinski definition) is 16. The number of aliphatic hydroxyl groups is 16. The van der Waals surface area contributed by atoms with E-state index < -0.39 is 261 Å². The van der Waals surface area contributed by atoms with Crippen LogP contribution in [0.1, 0.15) is 19.8 Å². The molecule has 0 saturated carbocycles. The van der Waals surface area contributed by atoms with Crippen molar-refractivity contribution >= 4 is 11.9 Å². The normalized spacial score (nSPS) is 50.4. The summed E-state index contributed by atoms with van der Waals surface area (Å²) in [6, 6.07) is 0. The monoisotopic (exact) mass is 1140 g/mol. The third kappa shape index (κ3) is 12.9. The zero-order chi connectivity index (χ0) is 56.4. The fourth-order valence-electron chi connectivity index (χ4n) is 10.0. The molecule has 12 aliphatic rings. The minimum absolute atomic E-state index is 0.577. The Morgan fingerprint density at radius 1 is 0.372 bits per heavy atom. The first-order chi connectivity index (χ1) is 37.3. The highest BCUT2D eigenvalue weighted by atomic mass is 17.2. The third-order valence-corrected chi connectivity index (χ3v) is 14.2. The average Bonchev–Trinajstić information content (AvgIpc) is 3.49. The van der Waals surface area contributed by atoms with Crippen molar-refractivity contribution in [1.82, 2.24) is 0 Å². The zero-order valence-electron chi connectivity index (χ0n) is 41.2. The molecule has 0 aliphatic carbocycles. The molecule has 35 nitrogen and oxygen atoms in total. The van der Waals surface area contributed by atoms with Gasteiger partial charge in [0.15, 0.2) is 49.9 Å². The second-order valence-corrected chi connectivity index (χ2v) is 19.6. The molecule has 0 amide bonds. The molecule has 1 unspecified atom stereocenters. The van der Waals surface area contributed by atoms with Crippen LogP contribution in [0.5, 0.6) is 0 Å². The van der Waals surface area contributed by atoms with Crippen LogP contribution in [0.15, 0.2) is 0 Å². The Balaban J connectivity index is 1.22. The minimum atomic E-state index is -2.29. The van der Waals surface area contributed by atoms with Crippen LogP contribution in [0, 0.1) is 0 Å². The number of carbonyl (C=O) groups is 2. The van der Waals surface area contributed by atoms with Crippen LogP contribution in [0.2, 0.25) is 0 Å². The van der Waals surface area contributed by atoms with E-state index in [-0.39, 0.29) is 0 Å². The van der Waals surface area contributed by atoms with Crippen molar-refractivity contribution in [2.24, 2.45) is 0 Å². The molecule has 0 aromatic carbocycles. The van der Waals surface area contributed by atoms with E-state index in [1.54, 1.807) is 0 Å². The van der Waals surface area contributed by atoms with Crippen molar-refractivity contribution in [1.29, 1.82) is 0 Å². The smallest absolute Gasteiger partial charge is 0.342 e. The molecule has 12 fully saturated rings. The van der Waals surface area contributed by atoms with Crippen molar-refractivity contribution in [2.45, 2.75) is 210 Å². The van der Waals surface area contributed by atoms with Crippen molar-refractivity contribution in [3.05, 3.63) is 0 Å². The molecule has 78 heavy (non-hydrogen) atoms. The average molecular weight is 1140 g/mol. The summed E-state index contributed by atoms with van der Waals surface area (Å²) in [5, 5.41) is 178. The van der Waals surface area contributed by atoms with E-state index in [1.807, 2.05) is 0 Å². The van der Waals surface area contributed by atoms with E-state index >= 15 is 0 Å². The SMILES string of the molecule is CC(O)CO[C@@H]1[C@@H](O)[C@H]2O[C@@H]3[C@@H]4OOC(=O)CCC(=O)OO[C@@H]5[C@@H](O)[C@@H](O[C@H]1[C@@H](CO)O2)O[C@H](CO)[C@@H]5O[C@H]1O[C@H](CO)[C@@H](O[C@H]2O[C@H](CO)[C@@H](O[C@H]5O[C@H](CO)[C@@H](O[C@@H](O[C@@H]3CO)[C@@H]4O)[C@H](O)[C@H]5O)[C@H](O)[C@H]2O)[C@H](O)[C@H]1O. The van der Waals surface area contributed by atoms with Crippen LogP contribution in [-0.4, -0.2) is 330 Å². The van der Waals surface area contributed by atoms with Gasteiger partial charge in [-0.2, -0.15) is 9.78 Å². The number of carbonyl (C=O) groups excluding carboxylic acids is 2. The summed E-state index contributed by atoms with van der Waals surface area (Å²) in [7, 11) is 0. The maximum absolute atomic E-state index is 13.2. The Morgan fingerprint density at radius 2 is 0.641 bits per heavy atom. The van der Waals surface area contributed by atoms with Gasteiger partial charge in [-0.25, -0.2) is 9.59 Å². The molecule has 0 spiro atoms. The molecule has 0 radical (unpaired) electrons. The highest BCUT2D eigenvalue weighted by Gasteiger charge is 2.60. The fourth-order valence-corrected chi connectivity index (χ4v) is 10.0. The molecule has 35 heteroatoms. The predicted molar refractivity (Wildman–Crippen MR) is 230 cm³/mol. The highest BCUT2D eigenvalue weighted by molar-refractivity contribution is 5.77. The molecular formula is C43H68O35. The van der Waals surface area contributed by atoms with Crippen LogP contribution in [-0.2, 0) is 90.7 Å². The lowest BCUT2D eigenvalue weighted by Gasteiger charge is -2.51. The Morgan fingerprint density at radius 3 is 0.962 bits per heavy atom. The first-order valence-corrected chi connectivity index (χ1v) is 24.9. The molecule has 12 aliphatic heterocycles. The number of hydrogen-bond acceptors (Lipinski definition) is 35. The van der Waals surface area contributed by atoms with Crippen molar-refractivity contribution in [3.8, 4) is 0 Å². The van der Waals surface area contributed by atoms with E-state index in [9.17, 15) is 91.3 Å². The second kappa shape index (κ2) is 27.0. The molecule has 12 heterocycles. The van der Waals surface area contributed by atoms with Crippen molar-refractivity contribution in [3.63, 3.8) is 0 Å². The number of fused-ring (bicyclic) bond motifs is 5. The number of rotatable bonds is 9. The summed E-state index contributed by atoms with van der Waals surface area (Å²) in [4.78, 5) is 47.1. The van der Waals surface area contributed by atoms with Crippen LogP contribution < -0.4 is 0 Å². The summed E-state index contributed by atoms with van der Waals surface area (Å²) >= 11 is 0. The van der Waals surface area contributed by atoms with Gasteiger partial charge in [0, 0.05) is 0 Å². The van der Waals surface area contributed by atoms with E-state index in [4.69, 9.17) is 81.1 Å². The van der Waals surface area contributed by atoms with Crippen LogP contribution in [0.4, 0.5) is 0 Å². The Bertz CT molecular complexity index is 1900. The summed E-state index contributed by atoms with van der Waals surface area (Å²) in [6.07, 6.45) is -63.6. The molecule has 16 N–H and O–H groups in total. The van der Waals surface area contributed by atoms with E-state index in [0.717, 1.165) is 0 Å². The summed E-state index contributed by atoms with van der Waals surface area (Å²) in [5.41, 5.74) is 0. The van der Waals surface area contributed by atoms with Gasteiger partial charge >= 0.3 is 11.9 Å². The minimum Gasteiger partial charge on any atom is -0.394 e. The molecule has 450 valence electrons. The number of ether oxygens (including phenoxy) is 13. The Hall–Kier alpha value is -2.30. The van der Waals surface area contributed by atoms with Gasteiger partial charge < -0.3 is 143 Å². The molecule has 12 bridgehead atoms. The Kier molecular flexibility index (Phi) is 21.3. The summed E-state index contributed by atoms with van der Waals surface area (Å²) < 4.78 is 76.3. The molecular weight excluding hydrogens is 1080 g/mol. The molecule has 12 saturated heterocycles. The van der Waals surface area contributed by atoms with Crippen LogP contribution in [0.25, 0.3) is 0 Å². The van der Waals surface area contributed by atoms with Gasteiger partial charge in [0.2, 0.25) is 0 Å².